The quantitative estimate of drug-likeness (QED) is 0.874. The van der Waals surface area contributed by atoms with E-state index in [-0.39, 0.29) is 18.6 Å². The molecule has 1 aliphatic carbocycles. The molecular weight excluding hydrogens is 247 g/mol. The van der Waals surface area contributed by atoms with Crippen molar-refractivity contribution < 1.29 is 18.3 Å². The molecule has 2 unspecified atom stereocenters. The summed E-state index contributed by atoms with van der Waals surface area (Å²) in [6.45, 7) is 0.0751. The fourth-order valence-electron chi connectivity index (χ4n) is 2.20. The first-order valence-electron chi connectivity index (χ1n) is 5.79. The topological polar surface area (TPSA) is 58.0 Å². The Labute approximate surface area is 102 Å². The van der Waals surface area contributed by atoms with Crippen LogP contribution in [0.5, 0.6) is 0 Å². The molecule has 1 aliphatic rings. The van der Waals surface area contributed by atoms with Crippen molar-refractivity contribution in [3.8, 4) is 0 Å². The largest absolute Gasteiger partial charge is 0.435 e. The van der Waals surface area contributed by atoms with E-state index in [1.807, 2.05) is 0 Å². The van der Waals surface area contributed by atoms with Crippen LogP contribution in [0.1, 0.15) is 25.0 Å². The minimum atomic E-state index is -4.47. The molecule has 0 aromatic carbocycles. The Morgan fingerprint density at radius 3 is 2.61 bits per heavy atom. The molecule has 0 bridgehead atoms. The summed E-state index contributed by atoms with van der Waals surface area (Å²) in [5, 5.41) is 18.8. The Hall–Kier alpha value is -1.37. The molecule has 4 nitrogen and oxygen atoms in total. The summed E-state index contributed by atoms with van der Waals surface area (Å²) >= 11 is 0. The molecule has 100 valence electrons. The fraction of sp³-hybridized carbons (Fsp3) is 0.636. The van der Waals surface area contributed by atoms with Gasteiger partial charge >= 0.3 is 6.18 Å². The van der Waals surface area contributed by atoms with Crippen LogP contribution in [-0.4, -0.2) is 28.0 Å². The van der Waals surface area contributed by atoms with Gasteiger partial charge in [-0.1, -0.05) is 6.42 Å². The number of aliphatic hydroxyl groups is 1. The van der Waals surface area contributed by atoms with Gasteiger partial charge in [0.15, 0.2) is 5.69 Å². The zero-order chi connectivity index (χ0) is 13.2. The van der Waals surface area contributed by atoms with Gasteiger partial charge in [0, 0.05) is 18.6 Å². The molecular formula is C11H14F3N3O. The van der Waals surface area contributed by atoms with Gasteiger partial charge in [-0.2, -0.15) is 13.2 Å². The molecule has 18 heavy (non-hydrogen) atoms. The van der Waals surface area contributed by atoms with Crippen LogP contribution in [0.3, 0.4) is 0 Å². The number of aliphatic hydroxyl groups excluding tert-OH is 1. The first-order chi connectivity index (χ1) is 8.50. The SMILES string of the molecule is OCC1CCCC1Nc1ccc(C(F)(F)F)nn1. The Balaban J connectivity index is 2.02. The maximum atomic E-state index is 12.3. The number of hydrogen-bond acceptors (Lipinski definition) is 4. The number of nitrogens with one attached hydrogen (secondary N) is 1. The van der Waals surface area contributed by atoms with E-state index < -0.39 is 11.9 Å². The molecule has 2 rings (SSSR count). The highest BCUT2D eigenvalue weighted by Crippen LogP contribution is 2.29. The van der Waals surface area contributed by atoms with Crippen LogP contribution in [0.25, 0.3) is 0 Å². The predicted molar refractivity (Wildman–Crippen MR) is 58.9 cm³/mol. The standard InChI is InChI=1S/C11H14F3N3O/c12-11(13,14)9-4-5-10(17-16-9)15-8-3-1-2-7(8)6-18/h4-5,7-8,18H,1-3,6H2,(H,15,17). The summed E-state index contributed by atoms with van der Waals surface area (Å²) in [6, 6.07) is 2.22. The smallest absolute Gasteiger partial charge is 0.396 e. The van der Waals surface area contributed by atoms with E-state index in [0.717, 1.165) is 25.3 Å². The predicted octanol–water partition coefficient (Wildman–Crippen LogP) is 2.07. The van der Waals surface area contributed by atoms with Gasteiger partial charge in [-0.05, 0) is 25.0 Å². The Morgan fingerprint density at radius 1 is 1.28 bits per heavy atom. The third kappa shape index (κ3) is 2.90. The van der Waals surface area contributed by atoms with Crippen molar-refractivity contribution in [2.45, 2.75) is 31.5 Å². The van der Waals surface area contributed by atoms with E-state index in [9.17, 15) is 13.2 Å². The molecule has 0 radical (unpaired) electrons. The van der Waals surface area contributed by atoms with Crippen molar-refractivity contribution in [2.24, 2.45) is 5.92 Å². The van der Waals surface area contributed by atoms with Crippen molar-refractivity contribution in [2.75, 3.05) is 11.9 Å². The molecule has 1 aromatic rings. The Kier molecular flexibility index (Phi) is 3.70. The number of anilines is 1. The van der Waals surface area contributed by atoms with Crippen LogP contribution in [0.4, 0.5) is 19.0 Å². The monoisotopic (exact) mass is 261 g/mol. The van der Waals surface area contributed by atoms with Crippen molar-refractivity contribution in [1.82, 2.24) is 10.2 Å². The first kappa shape index (κ1) is 13.1. The average Bonchev–Trinajstić information content (AvgIpc) is 2.76. The molecule has 1 saturated carbocycles. The number of nitrogens with zero attached hydrogens (tertiary/aromatic N) is 2. The minimum Gasteiger partial charge on any atom is -0.396 e. The van der Waals surface area contributed by atoms with E-state index in [2.05, 4.69) is 15.5 Å². The van der Waals surface area contributed by atoms with Gasteiger partial charge < -0.3 is 10.4 Å². The lowest BCUT2D eigenvalue weighted by Gasteiger charge is -2.19. The van der Waals surface area contributed by atoms with Crippen molar-refractivity contribution in [1.29, 1.82) is 0 Å². The van der Waals surface area contributed by atoms with E-state index in [0.29, 0.717) is 5.82 Å². The number of aromatic nitrogens is 2. The normalized spacial score (nSPS) is 24.2. The second-order valence-corrected chi connectivity index (χ2v) is 4.43. The molecule has 1 heterocycles. The highest BCUT2D eigenvalue weighted by atomic mass is 19.4. The first-order valence-corrected chi connectivity index (χ1v) is 5.79. The lowest BCUT2D eigenvalue weighted by Crippen LogP contribution is -2.27. The second-order valence-electron chi connectivity index (χ2n) is 4.43. The molecule has 2 atom stereocenters. The van der Waals surface area contributed by atoms with Crippen molar-refractivity contribution in [3.63, 3.8) is 0 Å². The number of hydrogen-bond donors (Lipinski definition) is 2. The van der Waals surface area contributed by atoms with Gasteiger partial charge in [-0.15, -0.1) is 10.2 Å². The third-order valence-corrected chi connectivity index (χ3v) is 3.18. The van der Waals surface area contributed by atoms with E-state index in [4.69, 9.17) is 5.11 Å². The summed E-state index contributed by atoms with van der Waals surface area (Å²) < 4.78 is 36.9. The molecule has 1 fully saturated rings. The summed E-state index contributed by atoms with van der Waals surface area (Å²) in [5.74, 6) is 0.447. The molecule has 0 saturated heterocycles. The zero-order valence-corrected chi connectivity index (χ0v) is 9.61. The summed E-state index contributed by atoms with van der Waals surface area (Å²) in [6.07, 6.45) is -1.67. The van der Waals surface area contributed by atoms with Crippen LogP contribution in [-0.2, 0) is 6.18 Å². The van der Waals surface area contributed by atoms with Gasteiger partial charge in [0.05, 0.1) is 0 Å². The maximum Gasteiger partial charge on any atom is 0.435 e. The van der Waals surface area contributed by atoms with Gasteiger partial charge in [-0.25, -0.2) is 0 Å². The van der Waals surface area contributed by atoms with Crippen molar-refractivity contribution in [3.05, 3.63) is 17.8 Å². The average molecular weight is 261 g/mol. The van der Waals surface area contributed by atoms with E-state index in [1.165, 1.54) is 6.07 Å². The highest BCUT2D eigenvalue weighted by Gasteiger charge is 2.33. The van der Waals surface area contributed by atoms with Gasteiger partial charge in [0.2, 0.25) is 0 Å². The third-order valence-electron chi connectivity index (χ3n) is 3.18. The highest BCUT2D eigenvalue weighted by molar-refractivity contribution is 5.35. The van der Waals surface area contributed by atoms with Gasteiger partial charge in [0.25, 0.3) is 0 Å². The zero-order valence-electron chi connectivity index (χ0n) is 9.61. The molecule has 0 spiro atoms. The van der Waals surface area contributed by atoms with Gasteiger partial charge in [0.1, 0.15) is 5.82 Å². The molecule has 2 N–H and O–H groups in total. The lowest BCUT2D eigenvalue weighted by molar-refractivity contribution is -0.141. The summed E-state index contributed by atoms with van der Waals surface area (Å²) in [5.41, 5.74) is -1.00. The second kappa shape index (κ2) is 5.09. The fourth-order valence-corrected chi connectivity index (χ4v) is 2.20. The summed E-state index contributed by atoms with van der Waals surface area (Å²) in [4.78, 5) is 0. The van der Waals surface area contributed by atoms with Crippen LogP contribution in [0, 0.1) is 5.92 Å². The molecule has 0 amide bonds. The van der Waals surface area contributed by atoms with Crippen LogP contribution in [0.2, 0.25) is 0 Å². The summed E-state index contributed by atoms with van der Waals surface area (Å²) in [7, 11) is 0. The Bertz CT molecular complexity index is 394. The minimum absolute atomic E-state index is 0.0565. The lowest BCUT2D eigenvalue weighted by atomic mass is 10.1. The number of halogens is 3. The molecule has 7 heteroatoms. The van der Waals surface area contributed by atoms with Crippen LogP contribution >= 0.6 is 0 Å². The van der Waals surface area contributed by atoms with E-state index >= 15 is 0 Å². The van der Waals surface area contributed by atoms with Gasteiger partial charge in [-0.3, -0.25) is 0 Å². The van der Waals surface area contributed by atoms with Crippen LogP contribution < -0.4 is 5.32 Å². The maximum absolute atomic E-state index is 12.3. The number of alkyl halides is 3. The Morgan fingerprint density at radius 2 is 2.06 bits per heavy atom. The molecule has 1 aromatic heterocycles. The van der Waals surface area contributed by atoms with E-state index in [1.54, 1.807) is 0 Å². The van der Waals surface area contributed by atoms with Crippen molar-refractivity contribution >= 4 is 5.82 Å². The number of rotatable bonds is 3. The van der Waals surface area contributed by atoms with Crippen LogP contribution in [0.15, 0.2) is 12.1 Å². The molecule has 0 aliphatic heterocycles.